The van der Waals surface area contributed by atoms with Gasteiger partial charge < -0.3 is 4.74 Å². The second kappa shape index (κ2) is 3.58. The SMILES string of the molecule is N#CC1CCOc2c1cccc2[N+](=O)[O-]. The number of nitro benzene ring substituents is 1. The normalized spacial score (nSPS) is 18.5. The van der Waals surface area contributed by atoms with Crippen molar-refractivity contribution in [1.82, 2.24) is 0 Å². The summed E-state index contributed by atoms with van der Waals surface area (Å²) in [4.78, 5) is 10.2. The summed E-state index contributed by atoms with van der Waals surface area (Å²) in [6.07, 6.45) is 0.588. The summed E-state index contributed by atoms with van der Waals surface area (Å²) in [6.45, 7) is 0.357. The molecule has 1 aliphatic heterocycles. The van der Waals surface area contributed by atoms with Gasteiger partial charge in [0.1, 0.15) is 0 Å². The van der Waals surface area contributed by atoms with Gasteiger partial charge >= 0.3 is 5.69 Å². The number of nitriles is 1. The highest BCUT2D eigenvalue weighted by Crippen LogP contribution is 2.39. The Labute approximate surface area is 86.0 Å². The molecule has 1 unspecified atom stereocenters. The van der Waals surface area contributed by atoms with Gasteiger partial charge in [-0.25, -0.2) is 0 Å². The van der Waals surface area contributed by atoms with E-state index in [-0.39, 0.29) is 17.4 Å². The number of benzene rings is 1. The Morgan fingerprint density at radius 2 is 2.40 bits per heavy atom. The van der Waals surface area contributed by atoms with Crippen LogP contribution in [0.5, 0.6) is 5.75 Å². The number of nitrogens with zero attached hydrogens (tertiary/aromatic N) is 2. The monoisotopic (exact) mass is 204 g/mol. The zero-order valence-electron chi connectivity index (χ0n) is 7.84. The Morgan fingerprint density at radius 3 is 3.07 bits per heavy atom. The fourth-order valence-corrected chi connectivity index (χ4v) is 1.69. The first-order chi connectivity index (χ1) is 7.24. The summed E-state index contributed by atoms with van der Waals surface area (Å²) in [5, 5.41) is 19.6. The molecule has 0 spiro atoms. The molecule has 5 heteroatoms. The van der Waals surface area contributed by atoms with Crippen molar-refractivity contribution in [2.75, 3.05) is 6.61 Å². The average molecular weight is 204 g/mol. The highest BCUT2D eigenvalue weighted by Gasteiger charge is 2.27. The zero-order chi connectivity index (χ0) is 10.8. The Bertz CT molecular complexity index is 450. The van der Waals surface area contributed by atoms with Gasteiger partial charge in [-0.05, 0) is 0 Å². The van der Waals surface area contributed by atoms with Gasteiger partial charge in [0, 0.05) is 18.1 Å². The molecule has 0 saturated heterocycles. The average Bonchev–Trinajstić information content (AvgIpc) is 2.27. The van der Waals surface area contributed by atoms with Crippen molar-refractivity contribution < 1.29 is 9.66 Å². The van der Waals surface area contributed by atoms with E-state index >= 15 is 0 Å². The molecular weight excluding hydrogens is 196 g/mol. The molecule has 1 aromatic carbocycles. The zero-order valence-corrected chi connectivity index (χ0v) is 7.84. The Hall–Kier alpha value is -2.09. The Balaban J connectivity index is 2.57. The van der Waals surface area contributed by atoms with E-state index in [2.05, 4.69) is 6.07 Å². The van der Waals surface area contributed by atoms with E-state index in [4.69, 9.17) is 10.00 Å². The lowest BCUT2D eigenvalue weighted by Crippen LogP contribution is -2.14. The van der Waals surface area contributed by atoms with Crippen LogP contribution >= 0.6 is 0 Å². The molecule has 1 aromatic rings. The van der Waals surface area contributed by atoms with E-state index in [1.807, 2.05) is 0 Å². The molecule has 0 aliphatic carbocycles. The van der Waals surface area contributed by atoms with E-state index in [0.29, 0.717) is 18.6 Å². The van der Waals surface area contributed by atoms with Crippen LogP contribution in [0.1, 0.15) is 17.9 Å². The number of hydrogen-bond acceptors (Lipinski definition) is 4. The molecule has 0 saturated carbocycles. The first kappa shape index (κ1) is 9.46. The minimum atomic E-state index is -0.488. The van der Waals surface area contributed by atoms with Crippen molar-refractivity contribution in [3.05, 3.63) is 33.9 Å². The molecule has 0 aromatic heterocycles. The second-order valence-corrected chi connectivity index (χ2v) is 3.27. The fraction of sp³-hybridized carbons (Fsp3) is 0.300. The number of rotatable bonds is 1. The standard InChI is InChI=1S/C10H8N2O3/c11-6-7-4-5-15-10-8(7)2-1-3-9(10)12(13)14/h1-3,7H,4-5H2. The molecule has 1 heterocycles. The number of fused-ring (bicyclic) bond motifs is 1. The minimum absolute atomic E-state index is 0.0625. The van der Waals surface area contributed by atoms with Crippen molar-refractivity contribution in [2.45, 2.75) is 12.3 Å². The van der Waals surface area contributed by atoms with Crippen LogP contribution in [0.3, 0.4) is 0 Å². The quantitative estimate of drug-likeness (QED) is 0.517. The van der Waals surface area contributed by atoms with Crippen LogP contribution in [0, 0.1) is 21.4 Å². The summed E-state index contributed by atoms with van der Waals surface area (Å²) in [5.74, 6) is -0.0473. The van der Waals surface area contributed by atoms with Crippen molar-refractivity contribution in [3.8, 4) is 11.8 Å². The Morgan fingerprint density at radius 1 is 1.60 bits per heavy atom. The van der Waals surface area contributed by atoms with E-state index in [9.17, 15) is 10.1 Å². The van der Waals surface area contributed by atoms with Crippen molar-refractivity contribution in [1.29, 1.82) is 5.26 Å². The van der Waals surface area contributed by atoms with Crippen molar-refractivity contribution in [3.63, 3.8) is 0 Å². The molecule has 1 aliphatic rings. The van der Waals surface area contributed by atoms with Gasteiger partial charge in [0.05, 0.1) is 23.5 Å². The lowest BCUT2D eigenvalue weighted by Gasteiger charge is -2.20. The summed E-state index contributed by atoms with van der Waals surface area (Å²) >= 11 is 0. The maximum Gasteiger partial charge on any atom is 0.311 e. The fourth-order valence-electron chi connectivity index (χ4n) is 1.69. The van der Waals surface area contributed by atoms with Crippen molar-refractivity contribution in [2.24, 2.45) is 0 Å². The van der Waals surface area contributed by atoms with Gasteiger partial charge in [-0.3, -0.25) is 10.1 Å². The van der Waals surface area contributed by atoms with E-state index < -0.39 is 4.92 Å². The minimum Gasteiger partial charge on any atom is -0.487 e. The molecule has 0 N–H and O–H groups in total. The molecule has 76 valence electrons. The maximum atomic E-state index is 10.7. The smallest absolute Gasteiger partial charge is 0.311 e. The van der Waals surface area contributed by atoms with Crippen LogP contribution in [0.2, 0.25) is 0 Å². The summed E-state index contributed by atoms with van der Waals surface area (Å²) in [6, 6.07) is 6.79. The Kier molecular flexibility index (Phi) is 2.26. The number of nitro groups is 1. The topological polar surface area (TPSA) is 76.2 Å². The first-order valence-electron chi connectivity index (χ1n) is 4.53. The third kappa shape index (κ3) is 1.50. The molecule has 15 heavy (non-hydrogen) atoms. The maximum absolute atomic E-state index is 10.7. The van der Waals surface area contributed by atoms with E-state index in [0.717, 1.165) is 0 Å². The molecule has 0 radical (unpaired) electrons. The molecular formula is C10H8N2O3. The molecule has 1 atom stereocenters. The lowest BCUT2D eigenvalue weighted by molar-refractivity contribution is -0.386. The predicted octanol–water partition coefficient (Wildman–Crippen LogP) is 1.98. The number of hydrogen-bond donors (Lipinski definition) is 0. The van der Waals surface area contributed by atoms with Gasteiger partial charge in [-0.15, -0.1) is 0 Å². The van der Waals surface area contributed by atoms with Crippen LogP contribution in [0.4, 0.5) is 5.69 Å². The number of ether oxygens (including phenoxy) is 1. The third-order valence-electron chi connectivity index (χ3n) is 2.41. The van der Waals surface area contributed by atoms with Gasteiger partial charge in [0.2, 0.25) is 5.75 Å². The largest absolute Gasteiger partial charge is 0.487 e. The lowest BCUT2D eigenvalue weighted by atomic mass is 9.94. The number of para-hydroxylation sites is 1. The first-order valence-corrected chi connectivity index (χ1v) is 4.53. The highest BCUT2D eigenvalue weighted by molar-refractivity contribution is 5.55. The molecule has 0 fully saturated rings. The van der Waals surface area contributed by atoms with E-state index in [1.165, 1.54) is 6.07 Å². The van der Waals surface area contributed by atoms with Crippen LogP contribution in [-0.4, -0.2) is 11.5 Å². The molecule has 0 bridgehead atoms. The van der Waals surface area contributed by atoms with Gasteiger partial charge in [-0.2, -0.15) is 5.26 Å². The molecule has 5 nitrogen and oxygen atoms in total. The summed E-state index contributed by atoms with van der Waals surface area (Å²) in [7, 11) is 0. The van der Waals surface area contributed by atoms with Gasteiger partial charge in [-0.1, -0.05) is 12.1 Å². The van der Waals surface area contributed by atoms with Crippen LogP contribution in [-0.2, 0) is 0 Å². The second-order valence-electron chi connectivity index (χ2n) is 3.27. The molecule has 0 amide bonds. The molecule has 2 rings (SSSR count). The summed E-state index contributed by atoms with van der Waals surface area (Å²) in [5.41, 5.74) is 0.561. The van der Waals surface area contributed by atoms with Crippen LogP contribution in [0.25, 0.3) is 0 Å². The van der Waals surface area contributed by atoms with Gasteiger partial charge in [0.15, 0.2) is 0 Å². The van der Waals surface area contributed by atoms with Crippen LogP contribution in [0.15, 0.2) is 18.2 Å². The summed E-state index contributed by atoms with van der Waals surface area (Å²) < 4.78 is 5.26. The van der Waals surface area contributed by atoms with Gasteiger partial charge in [0.25, 0.3) is 0 Å². The van der Waals surface area contributed by atoms with Crippen molar-refractivity contribution >= 4 is 5.69 Å². The highest BCUT2D eigenvalue weighted by atomic mass is 16.6. The third-order valence-corrected chi connectivity index (χ3v) is 2.41. The van der Waals surface area contributed by atoms with Crippen LogP contribution < -0.4 is 4.74 Å². The van der Waals surface area contributed by atoms with E-state index in [1.54, 1.807) is 12.1 Å². The predicted molar refractivity (Wildman–Crippen MR) is 51.6 cm³/mol.